The Morgan fingerprint density at radius 2 is 1.81 bits per heavy atom. The molecule has 0 radical (unpaired) electrons. The molecule has 2 heteroatoms. The third-order valence-electron chi connectivity index (χ3n) is 3.86. The van der Waals surface area contributed by atoms with E-state index in [4.69, 9.17) is 4.74 Å². The van der Waals surface area contributed by atoms with Crippen molar-refractivity contribution in [2.45, 2.75) is 47.0 Å². The van der Waals surface area contributed by atoms with Crippen LogP contribution in [0.15, 0.2) is 24.3 Å². The number of benzene rings is 1. The van der Waals surface area contributed by atoms with Crippen molar-refractivity contribution < 1.29 is 4.74 Å². The second kappa shape index (κ2) is 9.22. The van der Waals surface area contributed by atoms with Gasteiger partial charge in [-0.3, -0.25) is 0 Å². The largest absolute Gasteiger partial charge is 0.383 e. The third kappa shape index (κ3) is 8.90. The quantitative estimate of drug-likeness (QED) is 0.688. The van der Waals surface area contributed by atoms with Crippen LogP contribution in [-0.4, -0.2) is 26.8 Å². The first kappa shape index (κ1) is 18.2. The number of ether oxygens (including phenoxy) is 1. The van der Waals surface area contributed by atoms with Gasteiger partial charge < -0.3 is 10.1 Å². The molecule has 21 heavy (non-hydrogen) atoms. The van der Waals surface area contributed by atoms with Crippen LogP contribution in [0.1, 0.15) is 44.7 Å². The van der Waals surface area contributed by atoms with Crippen molar-refractivity contribution in [1.82, 2.24) is 5.32 Å². The Bertz CT molecular complexity index is 378. The van der Waals surface area contributed by atoms with Gasteiger partial charge in [0, 0.05) is 13.7 Å². The van der Waals surface area contributed by atoms with Crippen LogP contribution < -0.4 is 5.32 Å². The summed E-state index contributed by atoms with van der Waals surface area (Å²) < 4.78 is 5.11. The summed E-state index contributed by atoms with van der Waals surface area (Å²) in [6, 6.07) is 8.98. The molecule has 1 N–H and O–H groups in total. The van der Waals surface area contributed by atoms with Crippen LogP contribution in [0.3, 0.4) is 0 Å². The molecule has 0 spiro atoms. The molecule has 1 unspecified atom stereocenters. The summed E-state index contributed by atoms with van der Waals surface area (Å²) >= 11 is 0. The van der Waals surface area contributed by atoms with E-state index >= 15 is 0 Å². The Hall–Kier alpha value is -0.860. The van der Waals surface area contributed by atoms with Crippen molar-refractivity contribution in [3.63, 3.8) is 0 Å². The van der Waals surface area contributed by atoms with Gasteiger partial charge in [-0.2, -0.15) is 0 Å². The monoisotopic (exact) mass is 291 g/mol. The van der Waals surface area contributed by atoms with Crippen LogP contribution in [0.2, 0.25) is 0 Å². The molecule has 0 aliphatic heterocycles. The highest BCUT2D eigenvalue weighted by Crippen LogP contribution is 2.25. The minimum absolute atomic E-state index is 0.415. The molecule has 120 valence electrons. The van der Waals surface area contributed by atoms with E-state index in [2.05, 4.69) is 57.3 Å². The highest BCUT2D eigenvalue weighted by molar-refractivity contribution is 5.21. The number of methoxy groups -OCH3 is 1. The van der Waals surface area contributed by atoms with Crippen LogP contribution in [0.25, 0.3) is 0 Å². The van der Waals surface area contributed by atoms with Crippen LogP contribution in [0.4, 0.5) is 0 Å². The van der Waals surface area contributed by atoms with E-state index in [1.54, 1.807) is 7.11 Å². The molecule has 0 heterocycles. The molecule has 0 amide bonds. The zero-order valence-corrected chi connectivity index (χ0v) is 14.5. The zero-order valence-electron chi connectivity index (χ0n) is 14.5. The van der Waals surface area contributed by atoms with Crippen molar-refractivity contribution in [3.05, 3.63) is 35.4 Å². The van der Waals surface area contributed by atoms with Crippen molar-refractivity contribution in [2.75, 3.05) is 26.8 Å². The van der Waals surface area contributed by atoms with E-state index in [1.807, 2.05) is 0 Å². The van der Waals surface area contributed by atoms with Gasteiger partial charge in [-0.05, 0) is 49.6 Å². The maximum absolute atomic E-state index is 5.11. The predicted molar refractivity (Wildman–Crippen MR) is 91.8 cm³/mol. The summed E-state index contributed by atoms with van der Waals surface area (Å²) in [6.07, 6.45) is 3.71. The Balaban J connectivity index is 2.51. The minimum Gasteiger partial charge on any atom is -0.383 e. The molecule has 1 aromatic rings. The van der Waals surface area contributed by atoms with Gasteiger partial charge in [-0.15, -0.1) is 0 Å². The second-order valence-corrected chi connectivity index (χ2v) is 7.35. The first-order valence-corrected chi connectivity index (χ1v) is 8.16. The molecular formula is C19H33NO. The molecule has 0 fully saturated rings. The lowest BCUT2D eigenvalue weighted by Crippen LogP contribution is -2.28. The van der Waals surface area contributed by atoms with Crippen LogP contribution >= 0.6 is 0 Å². The average Bonchev–Trinajstić information content (AvgIpc) is 2.42. The lowest BCUT2D eigenvalue weighted by molar-refractivity contribution is 0.196. The van der Waals surface area contributed by atoms with E-state index in [1.165, 1.54) is 24.0 Å². The second-order valence-electron chi connectivity index (χ2n) is 7.35. The summed E-state index contributed by atoms with van der Waals surface area (Å²) in [5.41, 5.74) is 3.20. The Morgan fingerprint density at radius 3 is 2.38 bits per heavy atom. The van der Waals surface area contributed by atoms with Gasteiger partial charge in [0.15, 0.2) is 0 Å². The van der Waals surface area contributed by atoms with Gasteiger partial charge in [-0.1, -0.05) is 50.6 Å². The Labute approximate surface area is 131 Å². The van der Waals surface area contributed by atoms with Crippen molar-refractivity contribution in [2.24, 2.45) is 11.3 Å². The molecule has 0 aliphatic carbocycles. The Kier molecular flexibility index (Phi) is 7.98. The van der Waals surface area contributed by atoms with Crippen LogP contribution in [-0.2, 0) is 11.2 Å². The summed E-state index contributed by atoms with van der Waals surface area (Å²) in [7, 11) is 1.76. The number of hydrogen-bond donors (Lipinski definition) is 1. The molecule has 2 nitrogen and oxygen atoms in total. The number of nitrogens with one attached hydrogen (secondary N) is 1. The van der Waals surface area contributed by atoms with Gasteiger partial charge in [0.1, 0.15) is 0 Å². The van der Waals surface area contributed by atoms with Gasteiger partial charge in [0.2, 0.25) is 0 Å². The summed E-state index contributed by atoms with van der Waals surface area (Å²) in [4.78, 5) is 0. The molecule has 0 bridgehead atoms. The fourth-order valence-corrected chi connectivity index (χ4v) is 2.45. The van der Waals surface area contributed by atoms with E-state index < -0.39 is 0 Å². The maximum Gasteiger partial charge on any atom is 0.0587 e. The van der Waals surface area contributed by atoms with Crippen molar-refractivity contribution in [3.8, 4) is 0 Å². The van der Waals surface area contributed by atoms with Gasteiger partial charge in [0.25, 0.3) is 0 Å². The molecule has 0 saturated carbocycles. The number of aryl methyl sites for hydroxylation is 1. The zero-order chi connectivity index (χ0) is 15.7. The van der Waals surface area contributed by atoms with Gasteiger partial charge >= 0.3 is 0 Å². The molecule has 0 aromatic heterocycles. The molecular weight excluding hydrogens is 258 g/mol. The molecule has 1 atom stereocenters. The van der Waals surface area contributed by atoms with Crippen molar-refractivity contribution >= 4 is 0 Å². The van der Waals surface area contributed by atoms with Gasteiger partial charge in [-0.25, -0.2) is 0 Å². The number of rotatable bonds is 9. The van der Waals surface area contributed by atoms with Gasteiger partial charge in [0.05, 0.1) is 6.61 Å². The van der Waals surface area contributed by atoms with E-state index in [-0.39, 0.29) is 0 Å². The summed E-state index contributed by atoms with van der Waals surface area (Å²) in [5.74, 6) is 0.698. The van der Waals surface area contributed by atoms with E-state index in [0.29, 0.717) is 11.3 Å². The van der Waals surface area contributed by atoms with E-state index in [0.717, 1.165) is 26.1 Å². The smallest absolute Gasteiger partial charge is 0.0587 e. The fraction of sp³-hybridized carbons (Fsp3) is 0.684. The molecule has 0 aliphatic rings. The van der Waals surface area contributed by atoms with Crippen LogP contribution in [0, 0.1) is 18.3 Å². The summed E-state index contributed by atoms with van der Waals surface area (Å²) in [6.45, 7) is 11.9. The first-order chi connectivity index (χ1) is 9.90. The van der Waals surface area contributed by atoms with Crippen LogP contribution in [0.5, 0.6) is 0 Å². The minimum atomic E-state index is 0.415. The lowest BCUT2D eigenvalue weighted by atomic mass is 9.84. The number of hydrogen-bond acceptors (Lipinski definition) is 2. The topological polar surface area (TPSA) is 21.3 Å². The SMILES string of the molecule is COCCNCC(CCC(C)(C)C)Cc1ccc(C)cc1. The van der Waals surface area contributed by atoms with Crippen molar-refractivity contribution in [1.29, 1.82) is 0 Å². The molecule has 1 aromatic carbocycles. The third-order valence-corrected chi connectivity index (χ3v) is 3.86. The fourth-order valence-electron chi connectivity index (χ4n) is 2.45. The van der Waals surface area contributed by atoms with E-state index in [9.17, 15) is 0 Å². The highest BCUT2D eigenvalue weighted by Gasteiger charge is 2.15. The summed E-state index contributed by atoms with van der Waals surface area (Å²) in [5, 5.41) is 3.53. The standard InChI is InChI=1S/C19H33NO/c1-16-6-8-17(9-7-16)14-18(10-11-19(2,3)4)15-20-12-13-21-5/h6-9,18,20H,10-15H2,1-5H3. The maximum atomic E-state index is 5.11. The highest BCUT2D eigenvalue weighted by atomic mass is 16.5. The normalized spacial score (nSPS) is 13.4. The average molecular weight is 291 g/mol. The molecule has 0 saturated heterocycles. The lowest BCUT2D eigenvalue weighted by Gasteiger charge is -2.24. The molecule has 1 rings (SSSR count). The predicted octanol–water partition coefficient (Wildman–Crippen LogP) is 4.22. The first-order valence-electron chi connectivity index (χ1n) is 8.16. The Morgan fingerprint density at radius 1 is 1.14 bits per heavy atom.